The van der Waals surface area contributed by atoms with Gasteiger partial charge in [0, 0.05) is 16.5 Å². The second-order valence-electron chi connectivity index (χ2n) is 5.36. The molecule has 0 aliphatic carbocycles. The summed E-state index contributed by atoms with van der Waals surface area (Å²) in [5, 5.41) is 12.5. The van der Waals surface area contributed by atoms with Crippen LogP contribution in [0.1, 0.15) is 0 Å². The van der Waals surface area contributed by atoms with Gasteiger partial charge in [0.2, 0.25) is 0 Å². The number of ether oxygens (including phenoxy) is 2. The predicted octanol–water partition coefficient (Wildman–Crippen LogP) is 3.87. The SMILES string of the molecule is COc1ccc(Nc2nc3ccc(OC)cc3c3cn[nH]c23)cc1. The zero-order valence-electron chi connectivity index (χ0n) is 13.3. The highest BCUT2D eigenvalue weighted by Crippen LogP contribution is 2.31. The van der Waals surface area contributed by atoms with Crippen LogP contribution in [-0.4, -0.2) is 29.4 Å². The average molecular weight is 320 g/mol. The maximum absolute atomic E-state index is 5.31. The van der Waals surface area contributed by atoms with Crippen LogP contribution in [0, 0.1) is 0 Å². The van der Waals surface area contributed by atoms with Gasteiger partial charge in [0.1, 0.15) is 17.0 Å². The lowest BCUT2D eigenvalue weighted by atomic mass is 10.1. The monoisotopic (exact) mass is 320 g/mol. The lowest BCUT2D eigenvalue weighted by Crippen LogP contribution is -1.96. The van der Waals surface area contributed by atoms with E-state index in [4.69, 9.17) is 14.5 Å². The molecule has 2 aromatic carbocycles. The maximum Gasteiger partial charge on any atom is 0.157 e. The molecule has 4 rings (SSSR count). The molecule has 2 aromatic heterocycles. The number of methoxy groups -OCH3 is 2. The summed E-state index contributed by atoms with van der Waals surface area (Å²) in [6.45, 7) is 0. The minimum absolute atomic E-state index is 0.727. The van der Waals surface area contributed by atoms with Crippen molar-refractivity contribution in [3.63, 3.8) is 0 Å². The molecule has 6 heteroatoms. The molecule has 6 nitrogen and oxygen atoms in total. The van der Waals surface area contributed by atoms with E-state index in [-0.39, 0.29) is 0 Å². The zero-order chi connectivity index (χ0) is 16.5. The first-order valence-corrected chi connectivity index (χ1v) is 7.50. The molecule has 0 fully saturated rings. The van der Waals surface area contributed by atoms with Gasteiger partial charge in [-0.3, -0.25) is 5.10 Å². The first-order chi connectivity index (χ1) is 11.8. The standard InChI is InChI=1S/C18H16N4O2/c1-23-12-5-3-11(4-6-12)20-18-17-15(10-19-22-17)14-9-13(24-2)7-8-16(14)21-18/h3-10H,1-2H3,(H,19,22)(H,20,21). The van der Waals surface area contributed by atoms with E-state index >= 15 is 0 Å². The number of benzene rings is 2. The number of pyridine rings is 1. The van der Waals surface area contributed by atoms with Crippen molar-refractivity contribution >= 4 is 33.3 Å². The van der Waals surface area contributed by atoms with Crippen LogP contribution in [0.3, 0.4) is 0 Å². The maximum atomic E-state index is 5.31. The molecule has 120 valence electrons. The molecule has 2 heterocycles. The highest BCUT2D eigenvalue weighted by atomic mass is 16.5. The molecule has 0 saturated carbocycles. The van der Waals surface area contributed by atoms with Gasteiger partial charge in [-0.15, -0.1) is 0 Å². The summed E-state index contributed by atoms with van der Waals surface area (Å²) in [5.41, 5.74) is 2.65. The molecule has 24 heavy (non-hydrogen) atoms. The summed E-state index contributed by atoms with van der Waals surface area (Å²) in [6, 6.07) is 13.5. The molecule has 0 aliphatic rings. The summed E-state index contributed by atoms with van der Waals surface area (Å²) in [5.74, 6) is 2.33. The van der Waals surface area contributed by atoms with Gasteiger partial charge in [0.15, 0.2) is 5.82 Å². The lowest BCUT2D eigenvalue weighted by Gasteiger charge is -2.10. The molecule has 0 saturated heterocycles. The topological polar surface area (TPSA) is 72.1 Å². The van der Waals surface area contributed by atoms with Crippen molar-refractivity contribution in [2.75, 3.05) is 19.5 Å². The average Bonchev–Trinajstić information content (AvgIpc) is 3.12. The van der Waals surface area contributed by atoms with E-state index in [0.717, 1.165) is 44.8 Å². The number of H-pyrrole nitrogens is 1. The number of hydrogen-bond donors (Lipinski definition) is 2. The minimum Gasteiger partial charge on any atom is -0.497 e. The second-order valence-corrected chi connectivity index (χ2v) is 5.36. The number of aromatic amines is 1. The third kappa shape index (κ3) is 2.38. The van der Waals surface area contributed by atoms with Crippen LogP contribution < -0.4 is 14.8 Å². The van der Waals surface area contributed by atoms with E-state index in [2.05, 4.69) is 15.5 Å². The quantitative estimate of drug-likeness (QED) is 0.597. The van der Waals surface area contributed by atoms with E-state index in [1.165, 1.54) is 0 Å². The van der Waals surface area contributed by atoms with E-state index in [0.29, 0.717) is 0 Å². The first kappa shape index (κ1) is 14.3. The highest BCUT2D eigenvalue weighted by molar-refractivity contribution is 6.09. The molecule has 0 bridgehead atoms. The largest absolute Gasteiger partial charge is 0.497 e. The van der Waals surface area contributed by atoms with Crippen molar-refractivity contribution in [1.82, 2.24) is 15.2 Å². The van der Waals surface area contributed by atoms with E-state index in [1.807, 2.05) is 42.5 Å². The lowest BCUT2D eigenvalue weighted by molar-refractivity contribution is 0.415. The first-order valence-electron chi connectivity index (χ1n) is 7.50. The summed E-state index contributed by atoms with van der Waals surface area (Å²) < 4.78 is 10.5. The van der Waals surface area contributed by atoms with Crippen molar-refractivity contribution < 1.29 is 9.47 Å². The molecule has 0 radical (unpaired) electrons. The van der Waals surface area contributed by atoms with Crippen molar-refractivity contribution in [3.8, 4) is 11.5 Å². The van der Waals surface area contributed by atoms with Crippen LogP contribution in [0.15, 0.2) is 48.7 Å². The molecule has 0 spiro atoms. The summed E-state index contributed by atoms with van der Waals surface area (Å²) >= 11 is 0. The Labute approximate surface area is 138 Å². The third-order valence-electron chi connectivity index (χ3n) is 3.96. The number of nitrogens with zero attached hydrogens (tertiary/aromatic N) is 2. The number of aromatic nitrogens is 3. The molecule has 2 N–H and O–H groups in total. The predicted molar refractivity (Wildman–Crippen MR) is 94.2 cm³/mol. The summed E-state index contributed by atoms with van der Waals surface area (Å²) in [7, 11) is 3.30. The zero-order valence-corrected chi connectivity index (χ0v) is 13.3. The fraction of sp³-hybridized carbons (Fsp3) is 0.111. The van der Waals surface area contributed by atoms with Crippen LogP contribution in [0.2, 0.25) is 0 Å². The Kier molecular flexibility index (Phi) is 3.42. The number of fused-ring (bicyclic) bond motifs is 3. The van der Waals surface area contributed by atoms with E-state index in [9.17, 15) is 0 Å². The van der Waals surface area contributed by atoms with Crippen LogP contribution in [0.25, 0.3) is 21.8 Å². The van der Waals surface area contributed by atoms with Gasteiger partial charge in [-0.25, -0.2) is 4.98 Å². The van der Waals surface area contributed by atoms with Crippen LogP contribution in [-0.2, 0) is 0 Å². The fourth-order valence-corrected chi connectivity index (χ4v) is 2.70. The second kappa shape index (κ2) is 5.73. The molecular formula is C18H16N4O2. The summed E-state index contributed by atoms with van der Waals surface area (Å²) in [4.78, 5) is 4.72. The third-order valence-corrected chi connectivity index (χ3v) is 3.96. The summed E-state index contributed by atoms with van der Waals surface area (Å²) in [6.07, 6.45) is 1.80. The van der Waals surface area contributed by atoms with Crippen LogP contribution in [0.5, 0.6) is 11.5 Å². The van der Waals surface area contributed by atoms with Gasteiger partial charge in [0.05, 0.1) is 25.9 Å². The minimum atomic E-state index is 0.727. The Hall–Kier alpha value is -3.28. The Morgan fingerprint density at radius 1 is 0.917 bits per heavy atom. The van der Waals surface area contributed by atoms with Gasteiger partial charge < -0.3 is 14.8 Å². The fourth-order valence-electron chi connectivity index (χ4n) is 2.70. The normalized spacial score (nSPS) is 10.9. The highest BCUT2D eigenvalue weighted by Gasteiger charge is 2.11. The Bertz CT molecular complexity index is 1010. The Balaban J connectivity index is 1.83. The van der Waals surface area contributed by atoms with E-state index in [1.54, 1.807) is 20.4 Å². The number of nitrogens with one attached hydrogen (secondary N) is 2. The molecule has 0 atom stereocenters. The van der Waals surface area contributed by atoms with Crippen molar-refractivity contribution in [2.45, 2.75) is 0 Å². The number of anilines is 2. The molecule has 0 aliphatic heterocycles. The van der Waals surface area contributed by atoms with Crippen molar-refractivity contribution in [1.29, 1.82) is 0 Å². The van der Waals surface area contributed by atoms with Crippen molar-refractivity contribution in [3.05, 3.63) is 48.7 Å². The van der Waals surface area contributed by atoms with Gasteiger partial charge in [-0.05, 0) is 42.5 Å². The van der Waals surface area contributed by atoms with Gasteiger partial charge in [0.25, 0.3) is 0 Å². The Morgan fingerprint density at radius 2 is 1.67 bits per heavy atom. The van der Waals surface area contributed by atoms with Gasteiger partial charge in [-0.2, -0.15) is 5.10 Å². The van der Waals surface area contributed by atoms with Crippen LogP contribution in [0.4, 0.5) is 11.5 Å². The Morgan fingerprint density at radius 3 is 2.42 bits per heavy atom. The smallest absolute Gasteiger partial charge is 0.157 e. The van der Waals surface area contributed by atoms with Crippen LogP contribution >= 0.6 is 0 Å². The molecule has 0 amide bonds. The van der Waals surface area contributed by atoms with Gasteiger partial charge >= 0.3 is 0 Å². The van der Waals surface area contributed by atoms with Crippen molar-refractivity contribution in [2.24, 2.45) is 0 Å². The number of hydrogen-bond acceptors (Lipinski definition) is 5. The van der Waals surface area contributed by atoms with Gasteiger partial charge in [-0.1, -0.05) is 0 Å². The molecule has 4 aromatic rings. The van der Waals surface area contributed by atoms with E-state index < -0.39 is 0 Å². The molecule has 0 unspecified atom stereocenters. The molecular weight excluding hydrogens is 304 g/mol. The number of rotatable bonds is 4.